The van der Waals surface area contributed by atoms with Crippen LogP contribution in [0.2, 0.25) is 0 Å². The fourth-order valence-electron chi connectivity index (χ4n) is 2.29. The average Bonchev–Trinajstić information content (AvgIpc) is 2.68. The van der Waals surface area contributed by atoms with E-state index in [0.717, 1.165) is 19.6 Å². The molecule has 0 spiro atoms. The SMILES string of the molecule is Brc1ccsc1CN1CCCNc2ccccc21. The van der Waals surface area contributed by atoms with Crippen LogP contribution in [0.3, 0.4) is 0 Å². The zero-order chi connectivity index (χ0) is 12.4. The predicted octanol–water partition coefficient (Wildman–Crippen LogP) is 4.33. The number of anilines is 2. The van der Waals surface area contributed by atoms with E-state index in [2.05, 4.69) is 61.9 Å². The molecule has 3 rings (SSSR count). The van der Waals surface area contributed by atoms with Crippen LogP contribution in [0.1, 0.15) is 11.3 Å². The van der Waals surface area contributed by atoms with E-state index in [0.29, 0.717) is 0 Å². The predicted molar refractivity (Wildman–Crippen MR) is 82.6 cm³/mol. The van der Waals surface area contributed by atoms with E-state index in [-0.39, 0.29) is 0 Å². The summed E-state index contributed by atoms with van der Waals surface area (Å²) in [7, 11) is 0. The number of hydrogen-bond acceptors (Lipinski definition) is 3. The van der Waals surface area contributed by atoms with Gasteiger partial charge in [-0.1, -0.05) is 12.1 Å². The van der Waals surface area contributed by atoms with Crippen molar-refractivity contribution in [1.82, 2.24) is 0 Å². The molecule has 1 aliphatic rings. The lowest BCUT2D eigenvalue weighted by Gasteiger charge is -2.24. The Morgan fingerprint density at radius 1 is 1.28 bits per heavy atom. The van der Waals surface area contributed by atoms with Gasteiger partial charge in [0.05, 0.1) is 17.9 Å². The summed E-state index contributed by atoms with van der Waals surface area (Å²) in [5.41, 5.74) is 2.57. The van der Waals surface area contributed by atoms with E-state index >= 15 is 0 Å². The summed E-state index contributed by atoms with van der Waals surface area (Å²) < 4.78 is 1.22. The van der Waals surface area contributed by atoms with Gasteiger partial charge >= 0.3 is 0 Å². The molecule has 0 saturated heterocycles. The van der Waals surface area contributed by atoms with Crippen LogP contribution in [0.4, 0.5) is 11.4 Å². The number of benzene rings is 1. The third kappa shape index (κ3) is 2.40. The fourth-order valence-corrected chi connectivity index (χ4v) is 3.78. The van der Waals surface area contributed by atoms with E-state index in [9.17, 15) is 0 Å². The van der Waals surface area contributed by atoms with Crippen LogP contribution < -0.4 is 10.2 Å². The lowest BCUT2D eigenvalue weighted by atomic mass is 10.2. The van der Waals surface area contributed by atoms with Gasteiger partial charge in [0.2, 0.25) is 0 Å². The molecule has 0 unspecified atom stereocenters. The zero-order valence-corrected chi connectivity index (χ0v) is 12.4. The number of rotatable bonds is 2. The van der Waals surface area contributed by atoms with Crippen LogP contribution in [0.25, 0.3) is 0 Å². The van der Waals surface area contributed by atoms with E-state index < -0.39 is 0 Å². The maximum absolute atomic E-state index is 3.62. The van der Waals surface area contributed by atoms with Crippen molar-refractivity contribution in [3.63, 3.8) is 0 Å². The fraction of sp³-hybridized carbons (Fsp3) is 0.286. The number of nitrogens with one attached hydrogen (secondary N) is 1. The average molecular weight is 323 g/mol. The Hall–Kier alpha value is -1.00. The maximum atomic E-state index is 3.62. The minimum absolute atomic E-state index is 0.983. The maximum Gasteiger partial charge on any atom is 0.0605 e. The van der Waals surface area contributed by atoms with Crippen LogP contribution in [-0.2, 0) is 6.54 Å². The van der Waals surface area contributed by atoms with Gasteiger partial charge in [-0.3, -0.25) is 0 Å². The van der Waals surface area contributed by atoms with Crippen LogP contribution in [0.5, 0.6) is 0 Å². The number of para-hydroxylation sites is 2. The molecule has 1 N–H and O–H groups in total. The summed E-state index contributed by atoms with van der Waals surface area (Å²) in [6.45, 7) is 3.14. The summed E-state index contributed by atoms with van der Waals surface area (Å²) in [5, 5.41) is 5.64. The largest absolute Gasteiger partial charge is 0.383 e. The van der Waals surface area contributed by atoms with Gasteiger partial charge in [-0.05, 0) is 45.9 Å². The van der Waals surface area contributed by atoms with Crippen molar-refractivity contribution in [3.8, 4) is 0 Å². The van der Waals surface area contributed by atoms with Gasteiger partial charge in [0, 0.05) is 22.4 Å². The molecule has 94 valence electrons. The Morgan fingerprint density at radius 2 is 2.17 bits per heavy atom. The van der Waals surface area contributed by atoms with Crippen LogP contribution >= 0.6 is 27.3 Å². The zero-order valence-electron chi connectivity index (χ0n) is 10.0. The topological polar surface area (TPSA) is 15.3 Å². The van der Waals surface area contributed by atoms with Gasteiger partial charge in [-0.15, -0.1) is 11.3 Å². The molecule has 2 heterocycles. The summed E-state index contributed by atoms with van der Waals surface area (Å²) in [5.74, 6) is 0. The van der Waals surface area contributed by atoms with Gasteiger partial charge in [-0.25, -0.2) is 0 Å². The summed E-state index contributed by atoms with van der Waals surface area (Å²) in [4.78, 5) is 3.86. The highest BCUT2D eigenvalue weighted by Crippen LogP contribution is 2.32. The molecular weight excluding hydrogens is 308 g/mol. The lowest BCUT2D eigenvalue weighted by molar-refractivity contribution is 0.769. The first-order valence-electron chi connectivity index (χ1n) is 6.14. The third-order valence-electron chi connectivity index (χ3n) is 3.19. The lowest BCUT2D eigenvalue weighted by Crippen LogP contribution is -2.22. The van der Waals surface area contributed by atoms with E-state index in [1.165, 1.54) is 27.1 Å². The highest BCUT2D eigenvalue weighted by Gasteiger charge is 2.16. The van der Waals surface area contributed by atoms with Gasteiger partial charge in [0.25, 0.3) is 0 Å². The van der Waals surface area contributed by atoms with Crippen molar-refractivity contribution < 1.29 is 0 Å². The van der Waals surface area contributed by atoms with Crippen molar-refractivity contribution in [2.24, 2.45) is 0 Å². The Bertz CT molecular complexity index is 538. The second-order valence-corrected chi connectivity index (χ2v) is 6.27. The van der Waals surface area contributed by atoms with Crippen molar-refractivity contribution in [2.45, 2.75) is 13.0 Å². The molecule has 4 heteroatoms. The molecule has 2 nitrogen and oxygen atoms in total. The minimum Gasteiger partial charge on any atom is -0.383 e. The van der Waals surface area contributed by atoms with Crippen molar-refractivity contribution in [3.05, 3.63) is 45.1 Å². The standard InChI is InChI=1S/C14H15BrN2S/c15-11-6-9-18-14(11)10-17-8-3-7-16-12-4-1-2-5-13(12)17/h1-2,4-6,9,16H,3,7-8,10H2. The van der Waals surface area contributed by atoms with E-state index in [1.54, 1.807) is 0 Å². The second kappa shape index (κ2) is 5.33. The number of fused-ring (bicyclic) bond motifs is 1. The van der Waals surface area contributed by atoms with Gasteiger partial charge < -0.3 is 10.2 Å². The minimum atomic E-state index is 0.983. The highest BCUT2D eigenvalue weighted by molar-refractivity contribution is 9.10. The molecule has 0 atom stereocenters. The smallest absolute Gasteiger partial charge is 0.0605 e. The summed E-state index contributed by atoms with van der Waals surface area (Å²) >= 11 is 5.44. The van der Waals surface area contributed by atoms with Gasteiger partial charge in [-0.2, -0.15) is 0 Å². The molecule has 0 radical (unpaired) electrons. The number of thiophene rings is 1. The molecule has 1 aromatic heterocycles. The first kappa shape index (κ1) is 12.1. The summed E-state index contributed by atoms with van der Waals surface area (Å²) in [6, 6.07) is 10.7. The quantitative estimate of drug-likeness (QED) is 0.885. The van der Waals surface area contributed by atoms with Crippen molar-refractivity contribution >= 4 is 38.6 Å². The van der Waals surface area contributed by atoms with Gasteiger partial charge in [0.15, 0.2) is 0 Å². The Balaban J connectivity index is 1.90. The van der Waals surface area contributed by atoms with Crippen LogP contribution in [0, 0.1) is 0 Å². The second-order valence-electron chi connectivity index (χ2n) is 4.41. The molecule has 0 bridgehead atoms. The van der Waals surface area contributed by atoms with Crippen LogP contribution in [-0.4, -0.2) is 13.1 Å². The Kier molecular flexibility index (Phi) is 3.57. The van der Waals surface area contributed by atoms with Crippen LogP contribution in [0.15, 0.2) is 40.2 Å². The monoisotopic (exact) mass is 322 g/mol. The van der Waals surface area contributed by atoms with E-state index in [4.69, 9.17) is 0 Å². The number of halogens is 1. The third-order valence-corrected chi connectivity index (χ3v) is 5.10. The summed E-state index contributed by atoms with van der Waals surface area (Å²) in [6.07, 6.45) is 1.18. The van der Waals surface area contributed by atoms with Crippen molar-refractivity contribution in [1.29, 1.82) is 0 Å². The molecule has 0 saturated carbocycles. The first-order chi connectivity index (χ1) is 8.84. The molecule has 0 aliphatic carbocycles. The Labute approximate surface area is 120 Å². The first-order valence-corrected chi connectivity index (χ1v) is 7.81. The molecule has 18 heavy (non-hydrogen) atoms. The van der Waals surface area contributed by atoms with Gasteiger partial charge in [0.1, 0.15) is 0 Å². The number of nitrogens with zero attached hydrogens (tertiary/aromatic N) is 1. The molecule has 0 amide bonds. The molecular formula is C14H15BrN2S. The van der Waals surface area contributed by atoms with Crippen molar-refractivity contribution in [2.75, 3.05) is 23.3 Å². The molecule has 0 fully saturated rings. The van der Waals surface area contributed by atoms with E-state index in [1.807, 2.05) is 11.3 Å². The molecule has 1 aromatic carbocycles. The normalized spacial score (nSPS) is 14.8. The molecule has 2 aromatic rings. The highest BCUT2D eigenvalue weighted by atomic mass is 79.9. The number of hydrogen-bond donors (Lipinski definition) is 1. The Morgan fingerprint density at radius 3 is 3.00 bits per heavy atom. The molecule has 1 aliphatic heterocycles.